The second kappa shape index (κ2) is 7.55. The van der Waals surface area contributed by atoms with Crippen molar-refractivity contribution in [2.45, 2.75) is 32.8 Å². The molecule has 0 heterocycles. The van der Waals surface area contributed by atoms with E-state index in [-0.39, 0.29) is 5.91 Å². The van der Waals surface area contributed by atoms with E-state index in [0.29, 0.717) is 24.5 Å². The van der Waals surface area contributed by atoms with E-state index in [4.69, 9.17) is 15.3 Å². The Labute approximate surface area is 107 Å². The molecule has 100 valence electrons. The predicted molar refractivity (Wildman–Crippen MR) is 69.3 cm³/mol. The number of para-hydroxylation sites is 2. The number of hydrogen-bond donors (Lipinski definition) is 2. The lowest BCUT2D eigenvalue weighted by Gasteiger charge is -2.18. The summed E-state index contributed by atoms with van der Waals surface area (Å²) in [4.78, 5) is 11.6. The van der Waals surface area contributed by atoms with Crippen molar-refractivity contribution in [2.75, 3.05) is 6.61 Å². The first-order valence-electron chi connectivity index (χ1n) is 6.11. The zero-order valence-electron chi connectivity index (χ0n) is 10.8. The van der Waals surface area contributed by atoms with Crippen LogP contribution < -0.4 is 20.7 Å². The van der Waals surface area contributed by atoms with Crippen LogP contribution in [-0.2, 0) is 4.79 Å². The third kappa shape index (κ3) is 3.92. The number of ether oxygens (including phenoxy) is 2. The molecule has 0 aliphatic heterocycles. The fraction of sp³-hybridized carbons (Fsp3) is 0.462. The number of nitrogens with one attached hydrogen (secondary N) is 1. The topological polar surface area (TPSA) is 73.6 Å². The van der Waals surface area contributed by atoms with Gasteiger partial charge in [-0.05, 0) is 25.5 Å². The summed E-state index contributed by atoms with van der Waals surface area (Å²) in [6.07, 6.45) is 0.833. The second-order valence-electron chi connectivity index (χ2n) is 3.78. The Balaban J connectivity index is 2.82. The molecule has 0 spiro atoms. The number of hydrazine groups is 1. The van der Waals surface area contributed by atoms with Gasteiger partial charge in [-0.25, -0.2) is 5.84 Å². The Morgan fingerprint density at radius 1 is 1.33 bits per heavy atom. The van der Waals surface area contributed by atoms with Crippen molar-refractivity contribution >= 4 is 5.91 Å². The summed E-state index contributed by atoms with van der Waals surface area (Å²) < 4.78 is 11.1. The monoisotopic (exact) mass is 252 g/mol. The van der Waals surface area contributed by atoms with Gasteiger partial charge in [-0.15, -0.1) is 0 Å². The lowest BCUT2D eigenvalue weighted by atomic mass is 10.2. The maximum Gasteiger partial charge on any atom is 0.274 e. The molecule has 1 aromatic carbocycles. The van der Waals surface area contributed by atoms with Crippen molar-refractivity contribution in [3.8, 4) is 11.5 Å². The largest absolute Gasteiger partial charge is 0.490 e. The highest BCUT2D eigenvalue weighted by atomic mass is 16.5. The molecule has 1 rings (SSSR count). The van der Waals surface area contributed by atoms with Crippen molar-refractivity contribution in [3.63, 3.8) is 0 Å². The van der Waals surface area contributed by atoms with E-state index in [9.17, 15) is 4.79 Å². The standard InChI is InChI=1S/C13H20N2O3/c1-3-7-12(13(16)15-14)18-11-9-6-5-8-10(11)17-4-2/h5-6,8-9,12H,3-4,7,14H2,1-2H3,(H,15,16). The van der Waals surface area contributed by atoms with E-state index < -0.39 is 6.10 Å². The number of rotatable bonds is 7. The molecular weight excluding hydrogens is 232 g/mol. The van der Waals surface area contributed by atoms with E-state index >= 15 is 0 Å². The maximum atomic E-state index is 11.6. The van der Waals surface area contributed by atoms with Crippen LogP contribution in [-0.4, -0.2) is 18.6 Å². The van der Waals surface area contributed by atoms with Gasteiger partial charge in [0.15, 0.2) is 17.6 Å². The SMILES string of the molecule is CCCC(Oc1ccccc1OCC)C(=O)NN. The molecule has 0 aliphatic rings. The molecule has 0 aliphatic carbocycles. The van der Waals surface area contributed by atoms with Gasteiger partial charge in [-0.3, -0.25) is 10.2 Å². The fourth-order valence-electron chi connectivity index (χ4n) is 1.57. The third-order valence-corrected chi connectivity index (χ3v) is 2.40. The van der Waals surface area contributed by atoms with Crippen LogP contribution in [0.1, 0.15) is 26.7 Å². The molecular formula is C13H20N2O3. The number of benzene rings is 1. The number of amides is 1. The van der Waals surface area contributed by atoms with Gasteiger partial charge in [0.25, 0.3) is 5.91 Å². The normalized spacial score (nSPS) is 11.7. The predicted octanol–water partition coefficient (Wildman–Crippen LogP) is 1.62. The minimum absolute atomic E-state index is 0.330. The zero-order chi connectivity index (χ0) is 13.4. The maximum absolute atomic E-state index is 11.6. The minimum atomic E-state index is -0.596. The lowest BCUT2D eigenvalue weighted by molar-refractivity contribution is -0.128. The number of nitrogens with two attached hydrogens (primary N) is 1. The molecule has 1 amide bonds. The lowest BCUT2D eigenvalue weighted by Crippen LogP contribution is -2.42. The van der Waals surface area contributed by atoms with Gasteiger partial charge in [0.2, 0.25) is 0 Å². The highest BCUT2D eigenvalue weighted by Crippen LogP contribution is 2.28. The van der Waals surface area contributed by atoms with Gasteiger partial charge < -0.3 is 9.47 Å². The molecule has 3 N–H and O–H groups in total. The first-order chi connectivity index (χ1) is 8.72. The van der Waals surface area contributed by atoms with Gasteiger partial charge in [0, 0.05) is 0 Å². The summed E-state index contributed by atoms with van der Waals surface area (Å²) in [5, 5.41) is 0. The van der Waals surface area contributed by atoms with Crippen LogP contribution in [0.2, 0.25) is 0 Å². The van der Waals surface area contributed by atoms with Gasteiger partial charge >= 0.3 is 0 Å². The summed E-state index contributed by atoms with van der Waals surface area (Å²) in [6, 6.07) is 7.27. The van der Waals surface area contributed by atoms with Crippen molar-refractivity contribution in [1.82, 2.24) is 5.43 Å². The van der Waals surface area contributed by atoms with Crippen molar-refractivity contribution in [3.05, 3.63) is 24.3 Å². The first-order valence-corrected chi connectivity index (χ1v) is 6.11. The molecule has 0 fully saturated rings. The summed E-state index contributed by atoms with van der Waals surface area (Å²) in [7, 11) is 0. The van der Waals surface area contributed by atoms with Gasteiger partial charge in [0.05, 0.1) is 6.61 Å². The van der Waals surface area contributed by atoms with Gasteiger partial charge in [0.1, 0.15) is 0 Å². The molecule has 1 aromatic rings. The summed E-state index contributed by atoms with van der Waals surface area (Å²) in [5.74, 6) is 6.00. The molecule has 0 saturated heterocycles. The Hall–Kier alpha value is -1.75. The van der Waals surface area contributed by atoms with Crippen LogP contribution in [0.5, 0.6) is 11.5 Å². The Morgan fingerprint density at radius 3 is 2.56 bits per heavy atom. The first kappa shape index (κ1) is 14.3. The van der Waals surface area contributed by atoms with Crippen molar-refractivity contribution < 1.29 is 14.3 Å². The smallest absolute Gasteiger partial charge is 0.274 e. The summed E-state index contributed by atoms with van der Waals surface area (Å²) in [5.41, 5.74) is 2.12. The average Bonchev–Trinajstić information content (AvgIpc) is 2.39. The van der Waals surface area contributed by atoms with Crippen LogP contribution in [0.3, 0.4) is 0 Å². The Kier molecular flexibility index (Phi) is 6.00. The second-order valence-corrected chi connectivity index (χ2v) is 3.78. The van der Waals surface area contributed by atoms with E-state index in [1.54, 1.807) is 6.07 Å². The quantitative estimate of drug-likeness (QED) is 0.439. The average molecular weight is 252 g/mol. The molecule has 0 radical (unpaired) electrons. The van der Waals surface area contributed by atoms with Crippen LogP contribution in [0.25, 0.3) is 0 Å². The molecule has 18 heavy (non-hydrogen) atoms. The van der Waals surface area contributed by atoms with E-state index in [0.717, 1.165) is 6.42 Å². The number of carbonyl (C=O) groups is 1. The Bertz CT molecular complexity index is 382. The van der Waals surface area contributed by atoms with Crippen LogP contribution in [0.4, 0.5) is 0 Å². The van der Waals surface area contributed by atoms with Gasteiger partial charge in [-0.2, -0.15) is 0 Å². The molecule has 0 saturated carbocycles. The van der Waals surface area contributed by atoms with Crippen molar-refractivity contribution in [1.29, 1.82) is 0 Å². The van der Waals surface area contributed by atoms with E-state index in [1.807, 2.05) is 32.0 Å². The molecule has 5 nitrogen and oxygen atoms in total. The van der Waals surface area contributed by atoms with E-state index in [2.05, 4.69) is 5.43 Å². The van der Waals surface area contributed by atoms with Crippen LogP contribution in [0.15, 0.2) is 24.3 Å². The van der Waals surface area contributed by atoms with Gasteiger partial charge in [-0.1, -0.05) is 25.5 Å². The summed E-state index contributed by atoms with van der Waals surface area (Å²) in [6.45, 7) is 4.42. The van der Waals surface area contributed by atoms with Crippen LogP contribution in [0, 0.1) is 0 Å². The molecule has 0 bridgehead atoms. The molecule has 1 unspecified atom stereocenters. The zero-order valence-corrected chi connectivity index (χ0v) is 10.8. The molecule has 0 aromatic heterocycles. The summed E-state index contributed by atoms with van der Waals surface area (Å²) >= 11 is 0. The third-order valence-electron chi connectivity index (χ3n) is 2.40. The van der Waals surface area contributed by atoms with Crippen molar-refractivity contribution in [2.24, 2.45) is 5.84 Å². The molecule has 1 atom stereocenters. The molecule has 5 heteroatoms. The fourth-order valence-corrected chi connectivity index (χ4v) is 1.57. The minimum Gasteiger partial charge on any atom is -0.490 e. The highest BCUT2D eigenvalue weighted by molar-refractivity contribution is 5.80. The Morgan fingerprint density at radius 2 is 2.00 bits per heavy atom. The highest BCUT2D eigenvalue weighted by Gasteiger charge is 2.19. The number of hydrogen-bond acceptors (Lipinski definition) is 4. The van der Waals surface area contributed by atoms with Crippen LogP contribution >= 0.6 is 0 Å². The van der Waals surface area contributed by atoms with E-state index in [1.165, 1.54) is 0 Å². The number of carbonyl (C=O) groups excluding carboxylic acids is 1.